The van der Waals surface area contributed by atoms with Gasteiger partial charge < -0.3 is 19.2 Å². The Morgan fingerprint density at radius 3 is 2.51 bits per heavy atom. The molecule has 208 valence electrons. The van der Waals surface area contributed by atoms with Crippen molar-refractivity contribution in [1.82, 2.24) is 9.88 Å². The molecule has 0 aliphatic rings. The SMILES string of the molecule is Cc1oc(-c2ccccc2)nc1CCOc1ccc(CC(C(=O)O)N(C)/C=C\C(=O)c2ccccc2)c2sccc12. The number of aromatic nitrogens is 1. The summed E-state index contributed by atoms with van der Waals surface area (Å²) >= 11 is 1.55. The maximum Gasteiger partial charge on any atom is 0.326 e. The first-order valence-electron chi connectivity index (χ1n) is 13.3. The van der Waals surface area contributed by atoms with Gasteiger partial charge in [0, 0.05) is 53.4 Å². The molecule has 0 amide bonds. The van der Waals surface area contributed by atoms with E-state index in [4.69, 9.17) is 9.15 Å². The molecule has 0 bridgehead atoms. The number of likely N-dealkylation sites (N-methyl/N-ethyl adjacent to an activating group) is 1. The van der Waals surface area contributed by atoms with Gasteiger partial charge in [0.15, 0.2) is 5.78 Å². The molecule has 1 N–H and O–H groups in total. The zero-order valence-electron chi connectivity index (χ0n) is 22.8. The monoisotopic (exact) mass is 566 g/mol. The lowest BCUT2D eigenvalue weighted by Crippen LogP contribution is -2.37. The number of ketones is 1. The maximum atomic E-state index is 12.5. The van der Waals surface area contributed by atoms with E-state index in [1.807, 2.05) is 66.9 Å². The Morgan fingerprint density at radius 2 is 1.78 bits per heavy atom. The number of fused-ring (bicyclic) bond motifs is 1. The van der Waals surface area contributed by atoms with Crippen LogP contribution in [0, 0.1) is 6.92 Å². The van der Waals surface area contributed by atoms with Crippen molar-refractivity contribution in [3.63, 3.8) is 0 Å². The number of aliphatic carboxylic acids is 1. The normalized spacial score (nSPS) is 12.0. The van der Waals surface area contributed by atoms with E-state index in [-0.39, 0.29) is 12.2 Å². The van der Waals surface area contributed by atoms with Gasteiger partial charge in [-0.25, -0.2) is 9.78 Å². The summed E-state index contributed by atoms with van der Waals surface area (Å²) in [6, 6.07) is 23.6. The number of carbonyl (C=O) groups is 2. The van der Waals surface area contributed by atoms with Crippen molar-refractivity contribution in [1.29, 1.82) is 0 Å². The minimum absolute atomic E-state index is 0.180. The molecule has 0 aliphatic heterocycles. The minimum Gasteiger partial charge on any atom is -0.493 e. The van der Waals surface area contributed by atoms with Crippen LogP contribution in [0.2, 0.25) is 0 Å². The number of carboxylic acid groups (broad SMARTS) is 1. The van der Waals surface area contributed by atoms with Gasteiger partial charge in [0.25, 0.3) is 0 Å². The van der Waals surface area contributed by atoms with Gasteiger partial charge in [-0.1, -0.05) is 54.6 Å². The highest BCUT2D eigenvalue weighted by atomic mass is 32.1. The number of rotatable bonds is 12. The molecule has 0 radical (unpaired) electrons. The summed E-state index contributed by atoms with van der Waals surface area (Å²) in [5.74, 6) is 0.961. The molecule has 1 unspecified atom stereocenters. The van der Waals surface area contributed by atoms with Crippen LogP contribution in [0.15, 0.2) is 101 Å². The fraction of sp³-hybridized carbons (Fsp3) is 0.182. The van der Waals surface area contributed by atoms with Crippen LogP contribution in [0.25, 0.3) is 21.5 Å². The first-order valence-corrected chi connectivity index (χ1v) is 14.1. The van der Waals surface area contributed by atoms with Crippen LogP contribution in [0.1, 0.15) is 27.4 Å². The van der Waals surface area contributed by atoms with Crippen LogP contribution >= 0.6 is 11.3 Å². The van der Waals surface area contributed by atoms with Gasteiger partial charge in [-0.2, -0.15) is 0 Å². The first kappa shape index (κ1) is 27.9. The van der Waals surface area contributed by atoms with Gasteiger partial charge in [-0.15, -0.1) is 11.3 Å². The Kier molecular flexibility index (Phi) is 8.60. The molecule has 5 aromatic rings. The number of allylic oxidation sites excluding steroid dienone is 1. The second kappa shape index (κ2) is 12.7. The number of oxazole rings is 1. The van der Waals surface area contributed by atoms with Crippen molar-refractivity contribution in [2.45, 2.75) is 25.8 Å². The van der Waals surface area contributed by atoms with Crippen molar-refractivity contribution in [3.8, 4) is 17.2 Å². The van der Waals surface area contributed by atoms with Crippen molar-refractivity contribution in [2.24, 2.45) is 0 Å². The smallest absolute Gasteiger partial charge is 0.326 e. The van der Waals surface area contributed by atoms with E-state index in [1.165, 1.54) is 12.3 Å². The fourth-order valence-electron chi connectivity index (χ4n) is 4.60. The van der Waals surface area contributed by atoms with E-state index in [0.29, 0.717) is 24.5 Å². The Bertz CT molecular complexity index is 1670. The molecule has 5 rings (SSSR count). The molecule has 3 aromatic carbocycles. The van der Waals surface area contributed by atoms with Gasteiger partial charge >= 0.3 is 5.97 Å². The molecule has 2 aromatic heterocycles. The molecular formula is C33H30N2O5S. The molecule has 0 spiro atoms. The Hall–Kier alpha value is -4.69. The van der Waals surface area contributed by atoms with Gasteiger partial charge in [0.05, 0.1) is 12.3 Å². The molecule has 7 nitrogen and oxygen atoms in total. The third-order valence-corrected chi connectivity index (χ3v) is 7.87. The number of aryl methyl sites for hydroxylation is 1. The molecule has 0 fully saturated rings. The zero-order valence-corrected chi connectivity index (χ0v) is 23.6. The third kappa shape index (κ3) is 6.56. The molecule has 2 heterocycles. The number of ether oxygens (including phenoxy) is 1. The van der Waals surface area contributed by atoms with E-state index in [0.717, 1.165) is 38.4 Å². The first-order chi connectivity index (χ1) is 19.9. The number of nitrogens with zero attached hydrogens (tertiary/aromatic N) is 2. The topological polar surface area (TPSA) is 92.9 Å². The van der Waals surface area contributed by atoms with E-state index >= 15 is 0 Å². The van der Waals surface area contributed by atoms with Gasteiger partial charge in [0.1, 0.15) is 17.6 Å². The van der Waals surface area contributed by atoms with Crippen LogP contribution in [0.4, 0.5) is 0 Å². The summed E-state index contributed by atoms with van der Waals surface area (Å²) in [7, 11) is 1.67. The highest BCUT2D eigenvalue weighted by Gasteiger charge is 2.23. The molecular weight excluding hydrogens is 536 g/mol. The van der Waals surface area contributed by atoms with Crippen LogP contribution in [0.5, 0.6) is 5.75 Å². The predicted octanol–water partition coefficient (Wildman–Crippen LogP) is 6.81. The number of benzene rings is 3. The number of thiophene rings is 1. The lowest BCUT2D eigenvalue weighted by molar-refractivity contribution is -0.141. The summed E-state index contributed by atoms with van der Waals surface area (Å²) in [5, 5.41) is 12.9. The molecule has 0 aliphatic carbocycles. The van der Waals surface area contributed by atoms with Crippen molar-refractivity contribution < 1.29 is 23.8 Å². The predicted molar refractivity (Wildman–Crippen MR) is 161 cm³/mol. The lowest BCUT2D eigenvalue weighted by atomic mass is 10.0. The van der Waals surface area contributed by atoms with Gasteiger partial charge in [0.2, 0.25) is 5.89 Å². The van der Waals surface area contributed by atoms with Crippen molar-refractivity contribution in [3.05, 3.63) is 119 Å². The second-order valence-corrected chi connectivity index (χ2v) is 10.6. The molecule has 0 saturated heterocycles. The second-order valence-electron chi connectivity index (χ2n) is 9.64. The molecule has 1 atom stereocenters. The number of hydrogen-bond acceptors (Lipinski definition) is 7. The zero-order chi connectivity index (χ0) is 28.8. The maximum absolute atomic E-state index is 12.5. The minimum atomic E-state index is -0.966. The average molecular weight is 567 g/mol. The quantitative estimate of drug-likeness (QED) is 0.131. The molecule has 0 saturated carbocycles. The Balaban J connectivity index is 1.26. The lowest BCUT2D eigenvalue weighted by Gasteiger charge is -2.23. The van der Waals surface area contributed by atoms with Crippen molar-refractivity contribution in [2.75, 3.05) is 13.7 Å². The van der Waals surface area contributed by atoms with Crippen LogP contribution in [0.3, 0.4) is 0 Å². The van der Waals surface area contributed by atoms with E-state index < -0.39 is 12.0 Å². The van der Waals surface area contributed by atoms with Crippen molar-refractivity contribution >= 4 is 33.2 Å². The summed E-state index contributed by atoms with van der Waals surface area (Å²) < 4.78 is 13.0. The highest BCUT2D eigenvalue weighted by Crippen LogP contribution is 2.34. The van der Waals surface area contributed by atoms with Crippen LogP contribution < -0.4 is 4.74 Å². The third-order valence-electron chi connectivity index (χ3n) is 6.88. The van der Waals surface area contributed by atoms with Crippen LogP contribution in [-0.4, -0.2) is 46.4 Å². The average Bonchev–Trinajstić information content (AvgIpc) is 3.63. The number of carboxylic acids is 1. The summed E-state index contributed by atoms with van der Waals surface area (Å²) in [6.07, 6.45) is 3.80. The Morgan fingerprint density at radius 1 is 1.05 bits per heavy atom. The standard InChI is InChI=1S/C33H30N2O5S/c1-22-27(34-32(40-22)24-11-7-4-8-12-24)16-19-39-30-14-13-25(31-26(30)17-20-41-31)21-28(33(37)38)35(2)18-15-29(36)23-9-5-3-6-10-23/h3-15,17-18,20,28H,16,19,21H2,1-2H3,(H,37,38)/b18-15-. The fourth-order valence-corrected chi connectivity index (χ4v) is 5.54. The number of carbonyl (C=O) groups excluding carboxylic acids is 1. The molecule has 8 heteroatoms. The molecule has 41 heavy (non-hydrogen) atoms. The highest BCUT2D eigenvalue weighted by molar-refractivity contribution is 7.17. The summed E-state index contributed by atoms with van der Waals surface area (Å²) in [5.41, 5.74) is 3.24. The van der Waals surface area contributed by atoms with Gasteiger partial charge in [-0.05, 0) is 42.1 Å². The van der Waals surface area contributed by atoms with Crippen LogP contribution in [-0.2, 0) is 17.6 Å². The van der Waals surface area contributed by atoms with E-state index in [1.54, 1.807) is 47.5 Å². The van der Waals surface area contributed by atoms with E-state index in [2.05, 4.69) is 4.98 Å². The van der Waals surface area contributed by atoms with Gasteiger partial charge in [-0.3, -0.25) is 4.79 Å². The summed E-state index contributed by atoms with van der Waals surface area (Å²) in [4.78, 5) is 30.9. The number of hydrogen-bond donors (Lipinski definition) is 1. The largest absolute Gasteiger partial charge is 0.493 e. The van der Waals surface area contributed by atoms with E-state index in [9.17, 15) is 14.7 Å². The summed E-state index contributed by atoms with van der Waals surface area (Å²) in [6.45, 7) is 2.33. The Labute approximate surface area is 242 Å².